The largest absolute Gasteiger partial charge is 0.378 e. The van der Waals surface area contributed by atoms with Crippen molar-refractivity contribution in [2.24, 2.45) is 0 Å². The molecule has 1 aromatic heterocycles. The number of nitrogens with zero attached hydrogens (tertiary/aromatic N) is 1. The van der Waals surface area contributed by atoms with Crippen molar-refractivity contribution in [1.29, 1.82) is 0 Å². The molecule has 5 nitrogen and oxygen atoms in total. The Morgan fingerprint density at radius 3 is 2.86 bits per heavy atom. The molecule has 0 atom stereocenters. The summed E-state index contributed by atoms with van der Waals surface area (Å²) in [6.07, 6.45) is 9.09. The van der Waals surface area contributed by atoms with Crippen molar-refractivity contribution in [1.82, 2.24) is 9.88 Å². The minimum absolute atomic E-state index is 0.0720. The maximum absolute atomic E-state index is 11.8. The van der Waals surface area contributed by atoms with E-state index in [2.05, 4.69) is 5.32 Å². The van der Waals surface area contributed by atoms with E-state index >= 15 is 0 Å². The molecule has 0 saturated heterocycles. The third kappa shape index (κ3) is 5.64. The summed E-state index contributed by atoms with van der Waals surface area (Å²) in [4.78, 5) is 23.5. The van der Waals surface area contributed by atoms with Crippen LogP contribution in [0.2, 0.25) is 0 Å². The lowest BCUT2D eigenvalue weighted by atomic mass is 9.98. The van der Waals surface area contributed by atoms with Gasteiger partial charge in [-0.3, -0.25) is 9.59 Å². The first kappa shape index (κ1) is 16.7. The zero-order valence-electron chi connectivity index (χ0n) is 13.3. The molecule has 1 heterocycles. The first-order valence-corrected chi connectivity index (χ1v) is 8.20. The van der Waals surface area contributed by atoms with Gasteiger partial charge in [-0.05, 0) is 37.8 Å². The Labute approximate surface area is 131 Å². The van der Waals surface area contributed by atoms with Crippen molar-refractivity contribution in [3.05, 3.63) is 34.2 Å². The van der Waals surface area contributed by atoms with Crippen molar-refractivity contribution in [3.63, 3.8) is 0 Å². The number of hydrogen-bond acceptors (Lipinski definition) is 3. The fourth-order valence-electron chi connectivity index (χ4n) is 2.73. The average molecular weight is 306 g/mol. The summed E-state index contributed by atoms with van der Waals surface area (Å²) in [7, 11) is 0. The lowest BCUT2D eigenvalue weighted by Gasteiger charge is -2.21. The fourth-order valence-corrected chi connectivity index (χ4v) is 2.73. The van der Waals surface area contributed by atoms with Crippen LogP contribution in [0.4, 0.5) is 0 Å². The fraction of sp³-hybridized carbons (Fsp3) is 0.647. The molecule has 0 aliphatic heterocycles. The zero-order valence-corrected chi connectivity index (χ0v) is 13.3. The van der Waals surface area contributed by atoms with Crippen molar-refractivity contribution < 1.29 is 9.53 Å². The highest BCUT2D eigenvalue weighted by Gasteiger charge is 2.13. The van der Waals surface area contributed by atoms with Gasteiger partial charge in [0, 0.05) is 25.4 Å². The Morgan fingerprint density at radius 2 is 2.14 bits per heavy atom. The van der Waals surface area contributed by atoms with Gasteiger partial charge in [-0.25, -0.2) is 0 Å². The van der Waals surface area contributed by atoms with E-state index in [0.29, 0.717) is 19.3 Å². The average Bonchev–Trinajstić information content (AvgIpc) is 2.51. The topological polar surface area (TPSA) is 60.3 Å². The molecule has 2 rings (SSSR count). The smallest absolute Gasteiger partial charge is 0.251 e. The molecule has 0 spiro atoms. The van der Waals surface area contributed by atoms with Gasteiger partial charge in [0.2, 0.25) is 5.91 Å². The molecule has 0 radical (unpaired) electrons. The second-order valence-electron chi connectivity index (χ2n) is 6.00. The summed E-state index contributed by atoms with van der Waals surface area (Å²) in [6, 6.07) is 3.36. The van der Waals surface area contributed by atoms with Gasteiger partial charge in [0.15, 0.2) is 0 Å². The number of amides is 1. The van der Waals surface area contributed by atoms with Crippen molar-refractivity contribution in [2.75, 3.05) is 13.2 Å². The van der Waals surface area contributed by atoms with E-state index in [4.69, 9.17) is 4.74 Å². The quantitative estimate of drug-likeness (QED) is 0.784. The number of aromatic nitrogens is 1. The van der Waals surface area contributed by atoms with Crippen LogP contribution >= 0.6 is 0 Å². The van der Waals surface area contributed by atoms with Gasteiger partial charge >= 0.3 is 0 Å². The molecule has 1 aromatic rings. The number of carbonyl (C=O) groups excluding carboxylic acids is 1. The Morgan fingerprint density at radius 1 is 1.36 bits per heavy atom. The minimum Gasteiger partial charge on any atom is -0.378 e. The third-order valence-corrected chi connectivity index (χ3v) is 4.01. The lowest BCUT2D eigenvalue weighted by molar-refractivity contribution is -0.121. The number of pyridine rings is 1. The van der Waals surface area contributed by atoms with Gasteiger partial charge in [-0.2, -0.15) is 0 Å². The van der Waals surface area contributed by atoms with Gasteiger partial charge < -0.3 is 14.6 Å². The van der Waals surface area contributed by atoms with E-state index in [1.165, 1.54) is 42.7 Å². The predicted molar refractivity (Wildman–Crippen MR) is 85.9 cm³/mol. The van der Waals surface area contributed by atoms with Crippen LogP contribution in [0.5, 0.6) is 0 Å². The molecule has 1 fully saturated rings. The van der Waals surface area contributed by atoms with Crippen molar-refractivity contribution in [3.8, 4) is 0 Å². The Hall–Kier alpha value is -1.62. The molecule has 1 amide bonds. The molecule has 5 heteroatoms. The molecule has 22 heavy (non-hydrogen) atoms. The van der Waals surface area contributed by atoms with Crippen LogP contribution in [-0.2, 0) is 16.1 Å². The predicted octanol–water partition coefficient (Wildman–Crippen LogP) is 2.01. The van der Waals surface area contributed by atoms with Gasteiger partial charge in [0.25, 0.3) is 5.56 Å². The van der Waals surface area contributed by atoms with Crippen LogP contribution in [0.25, 0.3) is 0 Å². The Balaban J connectivity index is 1.60. The number of carbonyl (C=O) groups is 1. The van der Waals surface area contributed by atoms with Crippen molar-refractivity contribution in [2.45, 2.75) is 58.1 Å². The normalized spacial score (nSPS) is 15.7. The monoisotopic (exact) mass is 306 g/mol. The summed E-state index contributed by atoms with van der Waals surface area (Å²) >= 11 is 0. The van der Waals surface area contributed by atoms with E-state index < -0.39 is 0 Å². The van der Waals surface area contributed by atoms with Gasteiger partial charge in [0.1, 0.15) is 6.54 Å². The molecule has 1 aliphatic carbocycles. The Kier molecular flexibility index (Phi) is 6.65. The van der Waals surface area contributed by atoms with E-state index in [-0.39, 0.29) is 18.0 Å². The summed E-state index contributed by atoms with van der Waals surface area (Å²) < 4.78 is 7.23. The van der Waals surface area contributed by atoms with Gasteiger partial charge in [0.05, 0.1) is 6.10 Å². The number of hydrogen-bond donors (Lipinski definition) is 1. The summed E-state index contributed by atoms with van der Waals surface area (Å²) in [5.74, 6) is -0.136. The first-order chi connectivity index (χ1) is 10.6. The highest BCUT2D eigenvalue weighted by Crippen LogP contribution is 2.20. The highest BCUT2D eigenvalue weighted by molar-refractivity contribution is 5.75. The SMILES string of the molecule is Cc1ccn(CC(=O)NCCCOC2CCCCC2)c(=O)c1. The highest BCUT2D eigenvalue weighted by atomic mass is 16.5. The van der Waals surface area contributed by atoms with E-state index in [9.17, 15) is 9.59 Å². The zero-order chi connectivity index (χ0) is 15.8. The molecule has 0 bridgehead atoms. The maximum Gasteiger partial charge on any atom is 0.251 e. The van der Waals surface area contributed by atoms with E-state index in [0.717, 1.165) is 12.0 Å². The molecule has 1 aliphatic rings. The van der Waals surface area contributed by atoms with E-state index in [1.54, 1.807) is 6.20 Å². The van der Waals surface area contributed by atoms with Crippen molar-refractivity contribution >= 4 is 5.91 Å². The first-order valence-electron chi connectivity index (χ1n) is 8.20. The van der Waals surface area contributed by atoms with Crippen LogP contribution in [0.3, 0.4) is 0 Å². The Bertz CT molecular complexity index is 533. The number of nitrogens with one attached hydrogen (secondary N) is 1. The number of aryl methyl sites for hydroxylation is 1. The standard InChI is InChI=1S/C17H26N2O3/c1-14-8-10-19(17(21)12-14)13-16(20)18-9-5-11-22-15-6-3-2-4-7-15/h8,10,12,15H,2-7,9,11,13H2,1H3,(H,18,20). The van der Waals surface area contributed by atoms with Gasteiger partial charge in [-0.1, -0.05) is 19.3 Å². The number of ether oxygens (including phenoxy) is 1. The van der Waals surface area contributed by atoms with Crippen LogP contribution < -0.4 is 10.9 Å². The second kappa shape index (κ2) is 8.73. The van der Waals surface area contributed by atoms with Crippen LogP contribution in [-0.4, -0.2) is 29.7 Å². The van der Waals surface area contributed by atoms with Crippen LogP contribution in [0, 0.1) is 6.92 Å². The maximum atomic E-state index is 11.8. The summed E-state index contributed by atoms with van der Waals surface area (Å²) in [6.45, 7) is 3.21. The van der Waals surface area contributed by atoms with E-state index in [1.807, 2.05) is 13.0 Å². The molecule has 1 N–H and O–H groups in total. The second-order valence-corrected chi connectivity index (χ2v) is 6.00. The van der Waals surface area contributed by atoms with Crippen LogP contribution in [0.15, 0.2) is 23.1 Å². The van der Waals surface area contributed by atoms with Gasteiger partial charge in [-0.15, -0.1) is 0 Å². The summed E-state index contributed by atoms with van der Waals surface area (Å²) in [5, 5.41) is 2.83. The number of rotatable bonds is 7. The van der Waals surface area contributed by atoms with Crippen LogP contribution in [0.1, 0.15) is 44.1 Å². The molecular formula is C17H26N2O3. The molecule has 0 unspecified atom stereocenters. The summed E-state index contributed by atoms with van der Waals surface area (Å²) in [5.41, 5.74) is 0.761. The lowest BCUT2D eigenvalue weighted by Crippen LogP contribution is -2.33. The third-order valence-electron chi connectivity index (χ3n) is 4.01. The minimum atomic E-state index is -0.143. The molecule has 0 aromatic carbocycles. The molecule has 122 valence electrons. The molecule has 1 saturated carbocycles. The molecular weight excluding hydrogens is 280 g/mol.